The van der Waals surface area contributed by atoms with Crippen LogP contribution in [-0.4, -0.2) is 43.9 Å². The number of rotatable bonds is 5. The van der Waals surface area contributed by atoms with Gasteiger partial charge in [0.15, 0.2) is 5.82 Å². The molecule has 0 saturated heterocycles. The fraction of sp³-hybridized carbons (Fsp3) is 0.118. The Balaban J connectivity index is 2.21. The first kappa shape index (κ1) is 21.0. The van der Waals surface area contributed by atoms with Crippen molar-refractivity contribution in [2.24, 2.45) is 0 Å². The summed E-state index contributed by atoms with van der Waals surface area (Å²) in [5.41, 5.74) is 0.321. The summed E-state index contributed by atoms with van der Waals surface area (Å²) >= 11 is 5.74. The maximum atomic E-state index is 13.0. The Morgan fingerprint density at radius 3 is 2.21 bits per heavy atom. The summed E-state index contributed by atoms with van der Waals surface area (Å²) < 4.78 is 56.5. The van der Waals surface area contributed by atoms with Crippen molar-refractivity contribution in [2.45, 2.75) is 11.8 Å². The molecular weight excluding hydrogens is 442 g/mol. The molecule has 0 unspecified atom stereocenters. The van der Waals surface area contributed by atoms with Crippen molar-refractivity contribution in [1.82, 2.24) is 13.9 Å². The lowest BCUT2D eigenvalue weighted by Crippen LogP contribution is -2.26. The van der Waals surface area contributed by atoms with E-state index in [9.17, 15) is 21.6 Å². The molecule has 0 spiro atoms. The van der Waals surface area contributed by atoms with Gasteiger partial charge in [0, 0.05) is 24.2 Å². The minimum Gasteiger partial charge on any atom is -0.464 e. The number of esters is 1. The van der Waals surface area contributed by atoms with E-state index in [1.807, 2.05) is 0 Å². The smallest absolute Gasteiger partial charge is 0.355 e. The number of carbonyl (C=O) groups excluding carboxylic acids is 1. The zero-order chi connectivity index (χ0) is 21.4. The molecule has 0 amide bonds. The first-order chi connectivity index (χ1) is 13.6. The van der Waals surface area contributed by atoms with Gasteiger partial charge >= 0.3 is 23.9 Å². The van der Waals surface area contributed by atoms with Crippen LogP contribution < -0.4 is 0 Å². The maximum absolute atomic E-state index is 13.0. The van der Waals surface area contributed by atoms with Crippen LogP contribution >= 0.6 is 11.6 Å². The van der Waals surface area contributed by atoms with Crippen molar-refractivity contribution in [3.63, 3.8) is 0 Å². The average Bonchev–Trinajstić information content (AvgIpc) is 3.14. The van der Waals surface area contributed by atoms with E-state index in [0.29, 0.717) is 3.97 Å². The van der Waals surface area contributed by atoms with Gasteiger partial charge in [-0.2, -0.15) is 8.42 Å². The van der Waals surface area contributed by atoms with Crippen LogP contribution in [0.2, 0.25) is 5.02 Å². The third-order valence-electron chi connectivity index (χ3n) is 3.89. The fourth-order valence-corrected chi connectivity index (χ4v) is 6.10. The Morgan fingerprint density at radius 1 is 1.07 bits per heavy atom. The van der Waals surface area contributed by atoms with Gasteiger partial charge in [-0.3, -0.25) is 0 Å². The SMILES string of the molecule is COC(=O)c1cc(-c2ncc(Cl)cn2)cn1S(=O)(=O)S(=O)(=O)c1ccc(C)cc1. The number of nitrogens with zero attached hydrogens (tertiary/aromatic N) is 3. The van der Waals surface area contributed by atoms with Crippen LogP contribution in [0.15, 0.2) is 53.8 Å². The number of hydrogen-bond donors (Lipinski definition) is 0. The molecule has 0 fully saturated rings. The van der Waals surface area contributed by atoms with Gasteiger partial charge in [-0.15, -0.1) is 0 Å². The zero-order valence-electron chi connectivity index (χ0n) is 15.1. The molecule has 152 valence electrons. The number of aryl methyl sites for hydroxylation is 1. The Kier molecular flexibility index (Phi) is 5.48. The van der Waals surface area contributed by atoms with E-state index < -0.39 is 34.5 Å². The van der Waals surface area contributed by atoms with E-state index in [1.165, 1.54) is 36.7 Å². The molecule has 0 radical (unpaired) electrons. The summed E-state index contributed by atoms with van der Waals surface area (Å²) in [5, 5.41) is 0.246. The largest absolute Gasteiger partial charge is 0.464 e. The van der Waals surface area contributed by atoms with E-state index in [-0.39, 0.29) is 16.4 Å². The van der Waals surface area contributed by atoms with Gasteiger partial charge in [0.2, 0.25) is 0 Å². The van der Waals surface area contributed by atoms with E-state index >= 15 is 0 Å². The molecule has 0 saturated carbocycles. The molecule has 1 aromatic carbocycles. The minimum atomic E-state index is -5.08. The summed E-state index contributed by atoms with van der Waals surface area (Å²) in [6.07, 6.45) is 3.49. The van der Waals surface area contributed by atoms with Crippen molar-refractivity contribution in [2.75, 3.05) is 7.11 Å². The van der Waals surface area contributed by atoms with Gasteiger partial charge in [-0.05, 0) is 25.1 Å². The molecule has 9 nitrogen and oxygen atoms in total. The monoisotopic (exact) mass is 455 g/mol. The van der Waals surface area contributed by atoms with Crippen molar-refractivity contribution < 1.29 is 26.4 Å². The quantitative estimate of drug-likeness (QED) is 0.423. The van der Waals surface area contributed by atoms with Crippen molar-refractivity contribution in [3.8, 4) is 11.4 Å². The average molecular weight is 456 g/mol. The van der Waals surface area contributed by atoms with Crippen molar-refractivity contribution in [3.05, 3.63) is 65.2 Å². The predicted molar refractivity (Wildman–Crippen MR) is 104 cm³/mol. The third kappa shape index (κ3) is 3.76. The van der Waals surface area contributed by atoms with Crippen LogP contribution in [0.3, 0.4) is 0 Å². The second-order valence-electron chi connectivity index (χ2n) is 5.85. The second kappa shape index (κ2) is 7.58. The highest BCUT2D eigenvalue weighted by molar-refractivity contribution is 8.66. The molecular formula is C17H14ClN3O6S2. The summed E-state index contributed by atoms with van der Waals surface area (Å²) in [4.78, 5) is 19.6. The van der Waals surface area contributed by atoms with Gasteiger partial charge < -0.3 is 4.74 Å². The Bertz CT molecular complexity index is 1280. The van der Waals surface area contributed by atoms with Gasteiger partial charge in [-0.25, -0.2) is 27.2 Å². The normalized spacial score (nSPS) is 12.0. The third-order valence-corrected chi connectivity index (χ3v) is 8.99. The molecule has 0 N–H and O–H groups in total. The molecule has 0 atom stereocenters. The first-order valence-corrected chi connectivity index (χ1v) is 11.8. The molecule has 3 rings (SSSR count). The molecule has 2 aromatic heterocycles. The predicted octanol–water partition coefficient (Wildman–Crippen LogP) is 2.26. The number of carbonyl (C=O) groups is 1. The van der Waals surface area contributed by atoms with Crippen LogP contribution in [0.5, 0.6) is 0 Å². The fourth-order valence-electron chi connectivity index (χ4n) is 2.40. The van der Waals surface area contributed by atoms with Gasteiger partial charge in [0.1, 0.15) is 5.69 Å². The molecule has 0 aliphatic rings. The van der Waals surface area contributed by atoms with Crippen molar-refractivity contribution >= 4 is 35.5 Å². The standard InChI is InChI=1S/C17H14ClN3O6S2/c1-11-3-5-14(6-4-11)28(23,24)29(25,26)21-10-12(7-15(21)17(22)27-2)16-19-8-13(18)9-20-16/h3-10H,1-2H3. The number of methoxy groups -OCH3 is 1. The Morgan fingerprint density at radius 2 is 1.66 bits per heavy atom. The number of aromatic nitrogens is 3. The Hall–Kier alpha value is -2.76. The van der Waals surface area contributed by atoms with E-state index in [4.69, 9.17) is 11.6 Å². The van der Waals surface area contributed by atoms with Crippen LogP contribution in [0.1, 0.15) is 16.1 Å². The van der Waals surface area contributed by atoms with Gasteiger partial charge in [0.25, 0.3) is 0 Å². The lowest BCUT2D eigenvalue weighted by atomic mass is 10.2. The highest BCUT2D eigenvalue weighted by Gasteiger charge is 2.37. The van der Waals surface area contributed by atoms with E-state index in [1.54, 1.807) is 6.92 Å². The molecule has 0 aliphatic heterocycles. The van der Waals surface area contributed by atoms with Crippen LogP contribution in [0, 0.1) is 6.92 Å². The first-order valence-electron chi connectivity index (χ1n) is 7.94. The lowest BCUT2D eigenvalue weighted by molar-refractivity contribution is 0.0593. The highest BCUT2D eigenvalue weighted by atomic mass is 35.5. The molecule has 2 heterocycles. The van der Waals surface area contributed by atoms with Crippen LogP contribution in [0.4, 0.5) is 0 Å². The minimum absolute atomic E-state index is 0.0428. The van der Waals surface area contributed by atoms with Crippen LogP contribution in [0.25, 0.3) is 11.4 Å². The van der Waals surface area contributed by atoms with E-state index in [2.05, 4.69) is 14.7 Å². The van der Waals surface area contributed by atoms with Crippen molar-refractivity contribution in [1.29, 1.82) is 0 Å². The number of ether oxygens (including phenoxy) is 1. The topological polar surface area (TPSA) is 125 Å². The maximum Gasteiger partial charge on any atom is 0.355 e. The number of halogens is 1. The molecule has 12 heteroatoms. The Labute approximate surface area is 171 Å². The molecule has 3 aromatic rings. The number of benzene rings is 1. The van der Waals surface area contributed by atoms with Crippen LogP contribution in [-0.2, 0) is 22.7 Å². The summed E-state index contributed by atoms with van der Waals surface area (Å²) in [6.45, 7) is 1.73. The molecule has 29 heavy (non-hydrogen) atoms. The zero-order valence-corrected chi connectivity index (χ0v) is 17.5. The number of hydrogen-bond acceptors (Lipinski definition) is 8. The van der Waals surface area contributed by atoms with Gasteiger partial charge in [0.05, 0.1) is 17.0 Å². The van der Waals surface area contributed by atoms with Gasteiger partial charge in [-0.1, -0.05) is 29.3 Å². The summed E-state index contributed by atoms with van der Waals surface area (Å²) in [7, 11) is -8.92. The van der Waals surface area contributed by atoms with E-state index in [0.717, 1.165) is 24.9 Å². The molecule has 0 bridgehead atoms. The summed E-state index contributed by atoms with van der Waals surface area (Å²) in [5.74, 6) is -1.01. The second-order valence-corrected chi connectivity index (χ2v) is 11.5. The summed E-state index contributed by atoms with van der Waals surface area (Å²) in [6, 6.07) is 6.40. The highest BCUT2D eigenvalue weighted by Crippen LogP contribution is 2.26. The lowest BCUT2D eigenvalue weighted by Gasteiger charge is -2.10. The molecule has 0 aliphatic carbocycles.